The number of anilines is 1. The van der Waals surface area contributed by atoms with Crippen molar-refractivity contribution in [2.24, 2.45) is 0 Å². The van der Waals surface area contributed by atoms with Gasteiger partial charge in [0.25, 0.3) is 5.69 Å². The number of nitrogens with one attached hydrogen (secondary N) is 1. The van der Waals surface area contributed by atoms with Crippen molar-refractivity contribution in [3.05, 3.63) is 27.4 Å². The van der Waals surface area contributed by atoms with Crippen molar-refractivity contribution >= 4 is 11.5 Å². The average molecular weight is 193 g/mol. The number of aromatic nitrogens is 1. The highest BCUT2D eigenvalue weighted by atomic mass is 16.6. The SMILES string of the molecule is Cc1c([N+](=O)[O-])cnc2c1CCCN2. The van der Waals surface area contributed by atoms with Crippen LogP contribution in [0.25, 0.3) is 0 Å². The number of nitrogens with zero attached hydrogens (tertiary/aromatic N) is 2. The van der Waals surface area contributed by atoms with Gasteiger partial charge in [-0.1, -0.05) is 0 Å². The third-order valence-electron chi connectivity index (χ3n) is 2.53. The maximum absolute atomic E-state index is 10.7. The number of hydrogen-bond donors (Lipinski definition) is 1. The highest BCUT2D eigenvalue weighted by Crippen LogP contribution is 2.28. The van der Waals surface area contributed by atoms with Crippen LogP contribution in [0.4, 0.5) is 11.5 Å². The first-order valence-corrected chi connectivity index (χ1v) is 4.57. The summed E-state index contributed by atoms with van der Waals surface area (Å²) in [6, 6.07) is 0. The van der Waals surface area contributed by atoms with Crippen LogP contribution in [0.1, 0.15) is 17.5 Å². The molecule has 5 heteroatoms. The molecular formula is C9H11N3O2. The molecule has 0 bridgehead atoms. The Labute approximate surface area is 81.3 Å². The monoisotopic (exact) mass is 193 g/mol. The van der Waals surface area contributed by atoms with Crippen LogP contribution in [0.3, 0.4) is 0 Å². The van der Waals surface area contributed by atoms with E-state index in [1.54, 1.807) is 6.92 Å². The Morgan fingerprint density at radius 3 is 3.14 bits per heavy atom. The molecule has 74 valence electrons. The van der Waals surface area contributed by atoms with Gasteiger partial charge in [-0.3, -0.25) is 10.1 Å². The summed E-state index contributed by atoms with van der Waals surface area (Å²) in [7, 11) is 0. The molecule has 0 aliphatic carbocycles. The van der Waals surface area contributed by atoms with Gasteiger partial charge in [0.1, 0.15) is 12.0 Å². The third kappa shape index (κ3) is 1.30. The van der Waals surface area contributed by atoms with Crippen molar-refractivity contribution < 1.29 is 4.92 Å². The molecule has 14 heavy (non-hydrogen) atoms. The molecule has 0 amide bonds. The van der Waals surface area contributed by atoms with Crippen molar-refractivity contribution in [1.82, 2.24) is 4.98 Å². The number of pyridine rings is 1. The number of hydrogen-bond acceptors (Lipinski definition) is 4. The van der Waals surface area contributed by atoms with Gasteiger partial charge in [0.2, 0.25) is 0 Å². The lowest BCUT2D eigenvalue weighted by Crippen LogP contribution is -2.15. The molecule has 0 spiro atoms. The Hall–Kier alpha value is -1.65. The van der Waals surface area contributed by atoms with E-state index in [0.29, 0.717) is 0 Å². The predicted octanol–water partition coefficient (Wildman–Crippen LogP) is 1.66. The van der Waals surface area contributed by atoms with Crippen molar-refractivity contribution in [2.75, 3.05) is 11.9 Å². The van der Waals surface area contributed by atoms with Gasteiger partial charge in [-0.2, -0.15) is 0 Å². The quantitative estimate of drug-likeness (QED) is 0.544. The van der Waals surface area contributed by atoms with E-state index in [-0.39, 0.29) is 10.6 Å². The first-order chi connectivity index (χ1) is 6.70. The van der Waals surface area contributed by atoms with Crippen molar-refractivity contribution in [1.29, 1.82) is 0 Å². The van der Waals surface area contributed by atoms with E-state index in [0.717, 1.165) is 36.3 Å². The maximum Gasteiger partial charge on any atom is 0.290 e. The Kier molecular flexibility index (Phi) is 2.07. The molecular weight excluding hydrogens is 182 g/mol. The Morgan fingerprint density at radius 2 is 2.43 bits per heavy atom. The van der Waals surface area contributed by atoms with Crippen LogP contribution in [0.5, 0.6) is 0 Å². The summed E-state index contributed by atoms with van der Waals surface area (Å²) < 4.78 is 0. The molecule has 0 saturated heterocycles. The van der Waals surface area contributed by atoms with E-state index in [4.69, 9.17) is 0 Å². The number of rotatable bonds is 1. The van der Waals surface area contributed by atoms with E-state index in [1.165, 1.54) is 6.20 Å². The molecule has 0 atom stereocenters. The van der Waals surface area contributed by atoms with Crippen molar-refractivity contribution in [2.45, 2.75) is 19.8 Å². The van der Waals surface area contributed by atoms with E-state index in [9.17, 15) is 10.1 Å². The number of nitro groups is 1. The standard InChI is InChI=1S/C9H11N3O2/c1-6-7-3-2-4-10-9(7)11-5-8(6)12(13)14/h5H,2-4H2,1H3,(H,10,11). The summed E-state index contributed by atoms with van der Waals surface area (Å²) in [5, 5.41) is 13.8. The van der Waals surface area contributed by atoms with Gasteiger partial charge in [0.15, 0.2) is 0 Å². The summed E-state index contributed by atoms with van der Waals surface area (Å²) >= 11 is 0. The fraction of sp³-hybridized carbons (Fsp3) is 0.444. The maximum atomic E-state index is 10.7. The molecule has 1 aliphatic rings. The normalized spacial score (nSPS) is 14.4. The minimum Gasteiger partial charge on any atom is -0.370 e. The summed E-state index contributed by atoms with van der Waals surface area (Å²) in [5.74, 6) is 0.805. The smallest absolute Gasteiger partial charge is 0.290 e. The summed E-state index contributed by atoms with van der Waals surface area (Å²) in [6.45, 7) is 2.68. The predicted molar refractivity (Wildman–Crippen MR) is 52.4 cm³/mol. The molecule has 1 aliphatic heterocycles. The second-order valence-corrected chi connectivity index (χ2v) is 3.38. The lowest BCUT2D eigenvalue weighted by molar-refractivity contribution is -0.385. The molecule has 0 radical (unpaired) electrons. The molecule has 0 fully saturated rings. The largest absolute Gasteiger partial charge is 0.370 e. The van der Waals surface area contributed by atoms with Gasteiger partial charge in [-0.15, -0.1) is 0 Å². The zero-order valence-electron chi connectivity index (χ0n) is 7.91. The zero-order chi connectivity index (χ0) is 10.1. The van der Waals surface area contributed by atoms with Crippen LogP contribution < -0.4 is 5.32 Å². The third-order valence-corrected chi connectivity index (χ3v) is 2.53. The van der Waals surface area contributed by atoms with Crippen LogP contribution in [0.15, 0.2) is 6.20 Å². The second kappa shape index (κ2) is 3.25. The fourth-order valence-electron chi connectivity index (χ4n) is 1.75. The molecule has 1 aromatic rings. The lowest BCUT2D eigenvalue weighted by atomic mass is 10.0. The van der Waals surface area contributed by atoms with Gasteiger partial charge in [-0.05, 0) is 19.8 Å². The molecule has 1 aromatic heterocycles. The van der Waals surface area contributed by atoms with E-state index in [2.05, 4.69) is 10.3 Å². The minimum atomic E-state index is -0.378. The Morgan fingerprint density at radius 1 is 1.64 bits per heavy atom. The second-order valence-electron chi connectivity index (χ2n) is 3.38. The van der Waals surface area contributed by atoms with Gasteiger partial charge in [0.05, 0.1) is 4.92 Å². The topological polar surface area (TPSA) is 68.1 Å². The Balaban J connectivity index is 2.54. The first kappa shape index (κ1) is 8.93. The van der Waals surface area contributed by atoms with E-state index >= 15 is 0 Å². The molecule has 2 heterocycles. The highest BCUT2D eigenvalue weighted by molar-refractivity contribution is 5.56. The average Bonchev–Trinajstić information content (AvgIpc) is 2.18. The van der Waals surface area contributed by atoms with Crippen LogP contribution in [-0.2, 0) is 6.42 Å². The minimum absolute atomic E-state index is 0.118. The summed E-state index contributed by atoms with van der Waals surface area (Å²) in [5.41, 5.74) is 1.85. The van der Waals surface area contributed by atoms with E-state index in [1.807, 2.05) is 0 Å². The fourth-order valence-corrected chi connectivity index (χ4v) is 1.75. The Bertz CT molecular complexity index is 390. The molecule has 5 nitrogen and oxygen atoms in total. The summed E-state index contributed by atoms with van der Waals surface area (Å²) in [6.07, 6.45) is 3.21. The molecule has 1 N–H and O–H groups in total. The van der Waals surface area contributed by atoms with Crippen LogP contribution in [0, 0.1) is 17.0 Å². The van der Waals surface area contributed by atoms with Crippen molar-refractivity contribution in [3.63, 3.8) is 0 Å². The van der Waals surface area contributed by atoms with Gasteiger partial charge in [-0.25, -0.2) is 4.98 Å². The van der Waals surface area contributed by atoms with Crippen molar-refractivity contribution in [3.8, 4) is 0 Å². The highest BCUT2D eigenvalue weighted by Gasteiger charge is 2.20. The molecule has 2 rings (SSSR count). The first-order valence-electron chi connectivity index (χ1n) is 4.57. The molecule has 0 aromatic carbocycles. The van der Waals surface area contributed by atoms with Crippen LogP contribution in [0.2, 0.25) is 0 Å². The van der Waals surface area contributed by atoms with Crippen LogP contribution in [-0.4, -0.2) is 16.5 Å². The lowest BCUT2D eigenvalue weighted by Gasteiger charge is -2.18. The number of fused-ring (bicyclic) bond motifs is 1. The molecule has 0 saturated carbocycles. The van der Waals surface area contributed by atoms with Gasteiger partial charge >= 0.3 is 0 Å². The van der Waals surface area contributed by atoms with Gasteiger partial charge < -0.3 is 5.32 Å². The van der Waals surface area contributed by atoms with Crippen LogP contribution >= 0.6 is 0 Å². The van der Waals surface area contributed by atoms with Gasteiger partial charge in [0, 0.05) is 17.7 Å². The summed E-state index contributed by atoms with van der Waals surface area (Å²) in [4.78, 5) is 14.3. The molecule has 0 unspecified atom stereocenters. The zero-order valence-corrected chi connectivity index (χ0v) is 7.91. The van der Waals surface area contributed by atoms with E-state index < -0.39 is 0 Å².